The maximum absolute atomic E-state index is 12.9. The third-order valence-electron chi connectivity index (χ3n) is 4.75. The molecule has 144 valence electrons. The molecule has 27 heavy (non-hydrogen) atoms. The van der Waals surface area contributed by atoms with Crippen LogP contribution in [0.15, 0.2) is 34.9 Å². The normalized spacial score (nSPS) is 15.6. The van der Waals surface area contributed by atoms with Crippen LogP contribution in [0.25, 0.3) is 0 Å². The molecule has 0 aromatic carbocycles. The Balaban J connectivity index is 1.68. The van der Waals surface area contributed by atoms with Gasteiger partial charge in [-0.05, 0) is 24.0 Å². The molecule has 0 spiro atoms. The number of carboxylic acids is 1. The zero-order valence-corrected chi connectivity index (χ0v) is 16.6. The molecule has 1 amide bonds. The number of thiazole rings is 1. The Labute approximate surface area is 166 Å². The summed E-state index contributed by atoms with van der Waals surface area (Å²) in [5.74, 6) is -0.0404. The highest BCUT2D eigenvalue weighted by molar-refractivity contribution is 7.99. The molecule has 0 radical (unpaired) electrons. The number of carbonyl (C=O) groups excluding carboxylic acids is 1. The molecule has 1 atom stereocenters. The lowest BCUT2D eigenvalue weighted by atomic mass is 9.88. The summed E-state index contributed by atoms with van der Waals surface area (Å²) >= 11 is 2.82. The Morgan fingerprint density at radius 2 is 2.11 bits per heavy atom. The molecule has 2 heterocycles. The zero-order valence-electron chi connectivity index (χ0n) is 15.0. The van der Waals surface area contributed by atoms with Crippen molar-refractivity contribution < 1.29 is 14.7 Å². The summed E-state index contributed by atoms with van der Waals surface area (Å²) in [6.45, 7) is 0. The Morgan fingerprint density at radius 1 is 1.30 bits per heavy atom. The number of aromatic nitrogens is 2. The second-order valence-electron chi connectivity index (χ2n) is 6.69. The first-order valence-corrected chi connectivity index (χ1v) is 11.0. The van der Waals surface area contributed by atoms with Crippen molar-refractivity contribution in [3.8, 4) is 0 Å². The second kappa shape index (κ2) is 9.85. The van der Waals surface area contributed by atoms with Gasteiger partial charge in [-0.2, -0.15) is 0 Å². The number of nitrogens with zero attached hydrogens (tertiary/aromatic N) is 2. The Kier molecular flexibility index (Phi) is 7.23. The van der Waals surface area contributed by atoms with Crippen molar-refractivity contribution >= 4 is 40.1 Å². The first-order chi connectivity index (χ1) is 13.1. The molecular formula is C19H23N3O3S2. The van der Waals surface area contributed by atoms with Crippen molar-refractivity contribution in [2.45, 2.75) is 49.5 Å². The van der Waals surface area contributed by atoms with E-state index in [1.165, 1.54) is 48.8 Å². The minimum atomic E-state index is -0.811. The van der Waals surface area contributed by atoms with Gasteiger partial charge in [0.25, 0.3) is 0 Å². The average Bonchev–Trinajstić information content (AvgIpc) is 3.34. The number of hydrogen-bond acceptors (Lipinski definition) is 6. The summed E-state index contributed by atoms with van der Waals surface area (Å²) in [5.41, 5.74) is 0.901. The molecule has 2 aromatic rings. The fourth-order valence-corrected chi connectivity index (χ4v) is 4.69. The van der Waals surface area contributed by atoms with Crippen LogP contribution in [0.3, 0.4) is 0 Å². The Hall–Kier alpha value is -1.93. The molecular weight excluding hydrogens is 382 g/mol. The topological polar surface area (TPSA) is 92.2 Å². The van der Waals surface area contributed by atoms with Crippen molar-refractivity contribution in [1.29, 1.82) is 0 Å². The van der Waals surface area contributed by atoms with Crippen molar-refractivity contribution in [3.05, 3.63) is 35.5 Å². The molecule has 2 aromatic heterocycles. The van der Waals surface area contributed by atoms with E-state index in [0.717, 1.165) is 17.0 Å². The number of aliphatic carboxylic acids is 1. The highest BCUT2D eigenvalue weighted by Crippen LogP contribution is 2.35. The van der Waals surface area contributed by atoms with Gasteiger partial charge in [-0.15, -0.1) is 23.1 Å². The zero-order chi connectivity index (χ0) is 19.1. The van der Waals surface area contributed by atoms with Gasteiger partial charge in [-0.25, -0.2) is 9.97 Å². The predicted octanol–water partition coefficient (Wildman–Crippen LogP) is 4.41. The number of carbonyl (C=O) groups is 2. The van der Waals surface area contributed by atoms with E-state index in [9.17, 15) is 9.59 Å². The van der Waals surface area contributed by atoms with Crippen LogP contribution in [0.4, 0.5) is 5.13 Å². The molecule has 0 saturated heterocycles. The second-order valence-corrected chi connectivity index (χ2v) is 8.70. The van der Waals surface area contributed by atoms with Crippen LogP contribution in [-0.2, 0) is 9.59 Å². The summed E-state index contributed by atoms with van der Waals surface area (Å²) in [7, 11) is 0. The number of pyridine rings is 1. The lowest BCUT2D eigenvalue weighted by Gasteiger charge is -2.20. The van der Waals surface area contributed by atoms with Crippen LogP contribution in [-0.4, -0.2) is 32.7 Å². The number of carboxylic acid groups (broad SMARTS) is 1. The fourth-order valence-electron chi connectivity index (χ4n) is 3.38. The van der Waals surface area contributed by atoms with Gasteiger partial charge in [0, 0.05) is 23.5 Å². The summed E-state index contributed by atoms with van der Waals surface area (Å²) in [4.78, 5) is 32.1. The van der Waals surface area contributed by atoms with Crippen LogP contribution >= 0.6 is 23.1 Å². The van der Waals surface area contributed by atoms with Crippen LogP contribution in [0.2, 0.25) is 0 Å². The smallest absolute Gasteiger partial charge is 0.304 e. The first-order valence-electron chi connectivity index (χ1n) is 9.12. The van der Waals surface area contributed by atoms with Gasteiger partial charge < -0.3 is 10.4 Å². The SMILES string of the molecule is O=C(O)CCSc1ccc(C(CC2CCCC2)C(=O)Nc2nccs2)cn1. The van der Waals surface area contributed by atoms with Gasteiger partial charge >= 0.3 is 5.97 Å². The highest BCUT2D eigenvalue weighted by atomic mass is 32.2. The lowest BCUT2D eigenvalue weighted by Crippen LogP contribution is -2.23. The van der Waals surface area contributed by atoms with E-state index >= 15 is 0 Å². The van der Waals surface area contributed by atoms with Crippen LogP contribution in [0, 0.1) is 5.92 Å². The molecule has 2 N–H and O–H groups in total. The van der Waals surface area contributed by atoms with E-state index in [2.05, 4.69) is 15.3 Å². The summed E-state index contributed by atoms with van der Waals surface area (Å²) in [6.07, 6.45) is 9.20. The average molecular weight is 406 g/mol. The molecule has 6 nitrogen and oxygen atoms in total. The number of hydrogen-bond donors (Lipinski definition) is 2. The molecule has 0 bridgehead atoms. The van der Waals surface area contributed by atoms with Gasteiger partial charge in [-0.3, -0.25) is 9.59 Å². The molecule has 1 fully saturated rings. The molecule has 0 aliphatic heterocycles. The molecule has 1 saturated carbocycles. The van der Waals surface area contributed by atoms with Crippen LogP contribution < -0.4 is 5.32 Å². The molecule has 3 rings (SSSR count). The maximum Gasteiger partial charge on any atom is 0.304 e. The summed E-state index contributed by atoms with van der Waals surface area (Å²) in [5, 5.41) is 14.9. The van der Waals surface area contributed by atoms with Gasteiger partial charge in [-0.1, -0.05) is 31.7 Å². The van der Waals surface area contributed by atoms with E-state index in [1.54, 1.807) is 12.4 Å². The Bertz CT molecular complexity index is 744. The van der Waals surface area contributed by atoms with Crippen LogP contribution in [0.5, 0.6) is 0 Å². The van der Waals surface area contributed by atoms with Crippen LogP contribution in [0.1, 0.15) is 50.0 Å². The predicted molar refractivity (Wildman–Crippen MR) is 107 cm³/mol. The quantitative estimate of drug-likeness (QED) is 0.601. The molecule has 1 aliphatic carbocycles. The van der Waals surface area contributed by atoms with E-state index in [0.29, 0.717) is 16.8 Å². The van der Waals surface area contributed by atoms with Gasteiger partial charge in [0.15, 0.2) is 5.13 Å². The van der Waals surface area contributed by atoms with Crippen molar-refractivity contribution in [2.75, 3.05) is 11.1 Å². The number of thioether (sulfide) groups is 1. The number of amides is 1. The standard InChI is InChI=1S/C19H23N3O3S2/c23-17(24)7-9-26-16-6-5-14(12-21-16)15(11-13-3-1-2-4-13)18(25)22-19-20-8-10-27-19/h5-6,8,10,12-13,15H,1-4,7,9,11H2,(H,23,24)(H,20,22,25). The van der Waals surface area contributed by atoms with Crippen molar-refractivity contribution in [1.82, 2.24) is 9.97 Å². The van der Waals surface area contributed by atoms with E-state index in [-0.39, 0.29) is 18.2 Å². The number of anilines is 1. The highest BCUT2D eigenvalue weighted by Gasteiger charge is 2.27. The third kappa shape index (κ3) is 6.04. The summed E-state index contributed by atoms with van der Waals surface area (Å²) < 4.78 is 0. The minimum absolute atomic E-state index is 0.0371. The molecule has 1 unspecified atom stereocenters. The maximum atomic E-state index is 12.9. The third-order valence-corrected chi connectivity index (χ3v) is 6.38. The van der Waals surface area contributed by atoms with E-state index in [4.69, 9.17) is 5.11 Å². The van der Waals surface area contributed by atoms with Crippen molar-refractivity contribution in [2.24, 2.45) is 5.92 Å². The first kappa shape index (κ1) is 19.8. The summed E-state index contributed by atoms with van der Waals surface area (Å²) in [6, 6.07) is 3.82. The van der Waals surface area contributed by atoms with Crippen molar-refractivity contribution in [3.63, 3.8) is 0 Å². The lowest BCUT2D eigenvalue weighted by molar-refractivity contribution is -0.136. The minimum Gasteiger partial charge on any atom is -0.481 e. The van der Waals surface area contributed by atoms with Gasteiger partial charge in [0.2, 0.25) is 5.91 Å². The van der Waals surface area contributed by atoms with E-state index < -0.39 is 5.97 Å². The number of rotatable bonds is 9. The van der Waals surface area contributed by atoms with Gasteiger partial charge in [0.1, 0.15) is 0 Å². The van der Waals surface area contributed by atoms with Gasteiger partial charge in [0.05, 0.1) is 17.4 Å². The Morgan fingerprint density at radius 3 is 2.74 bits per heavy atom. The van der Waals surface area contributed by atoms with E-state index in [1.807, 2.05) is 17.5 Å². The number of nitrogens with one attached hydrogen (secondary N) is 1. The monoisotopic (exact) mass is 405 g/mol. The largest absolute Gasteiger partial charge is 0.481 e. The fraction of sp³-hybridized carbons (Fsp3) is 0.474. The molecule has 1 aliphatic rings. The molecule has 8 heteroatoms.